The maximum atomic E-state index is 12.0. The number of Topliss-reactive ketones (excluding diaryl/α,β-unsaturated/α-hetero) is 1. The zero-order valence-electron chi connectivity index (χ0n) is 10.3. The van der Waals surface area contributed by atoms with Crippen molar-refractivity contribution in [2.75, 3.05) is 0 Å². The molecule has 1 fully saturated rings. The molecule has 2 rings (SSSR count). The second-order valence-electron chi connectivity index (χ2n) is 5.14. The van der Waals surface area contributed by atoms with E-state index < -0.39 is 0 Å². The number of hydrogen-bond donors (Lipinski definition) is 0. The number of aryl methyl sites for hydroxylation is 1. The Morgan fingerprint density at radius 3 is 2.71 bits per heavy atom. The molecule has 1 aromatic rings. The molecule has 2 heteroatoms. The zero-order chi connectivity index (χ0) is 12.3. The monoisotopic (exact) mass is 342 g/mol. The molecule has 0 amide bonds. The van der Waals surface area contributed by atoms with E-state index in [1.165, 1.54) is 40.4 Å². The predicted octanol–water partition coefficient (Wildman–Crippen LogP) is 4.29. The average molecular weight is 342 g/mol. The highest BCUT2D eigenvalue weighted by atomic mass is 127. The summed E-state index contributed by atoms with van der Waals surface area (Å²) in [6.07, 6.45) is 6.58. The SMILES string of the molecule is Cc1cc(I)ccc1CC(=O)CC1CCCC1. The summed E-state index contributed by atoms with van der Waals surface area (Å²) in [5.41, 5.74) is 2.45. The third-order valence-electron chi connectivity index (χ3n) is 3.68. The van der Waals surface area contributed by atoms with Gasteiger partial charge in [0, 0.05) is 16.4 Å². The fourth-order valence-corrected chi connectivity index (χ4v) is 3.33. The second-order valence-corrected chi connectivity index (χ2v) is 6.39. The van der Waals surface area contributed by atoms with Crippen molar-refractivity contribution in [3.05, 3.63) is 32.9 Å². The Balaban J connectivity index is 1.93. The molecular weight excluding hydrogens is 323 g/mol. The quantitative estimate of drug-likeness (QED) is 0.746. The lowest BCUT2D eigenvalue weighted by Gasteiger charge is -2.09. The zero-order valence-corrected chi connectivity index (χ0v) is 12.5. The standard InChI is InChI=1S/C15H19IO/c1-11-8-14(16)7-6-13(11)10-15(17)9-12-4-2-3-5-12/h6-8,12H,2-5,9-10H2,1H3. The van der Waals surface area contributed by atoms with Gasteiger partial charge in [0.2, 0.25) is 0 Å². The van der Waals surface area contributed by atoms with Crippen molar-refractivity contribution in [3.63, 3.8) is 0 Å². The van der Waals surface area contributed by atoms with Crippen LogP contribution in [-0.2, 0) is 11.2 Å². The van der Waals surface area contributed by atoms with Crippen molar-refractivity contribution in [2.45, 2.75) is 45.4 Å². The molecular formula is C15H19IO. The number of carbonyl (C=O) groups is 1. The molecule has 0 unspecified atom stereocenters. The molecule has 0 spiro atoms. The fourth-order valence-electron chi connectivity index (χ4n) is 2.68. The Morgan fingerprint density at radius 1 is 1.35 bits per heavy atom. The average Bonchev–Trinajstić information content (AvgIpc) is 2.75. The first-order valence-electron chi connectivity index (χ1n) is 6.42. The number of benzene rings is 1. The van der Waals surface area contributed by atoms with E-state index in [1.807, 2.05) is 0 Å². The van der Waals surface area contributed by atoms with Crippen LogP contribution in [0.5, 0.6) is 0 Å². The number of ketones is 1. The second kappa shape index (κ2) is 5.98. The molecule has 0 heterocycles. The van der Waals surface area contributed by atoms with Gasteiger partial charge in [0.15, 0.2) is 0 Å². The first kappa shape index (κ1) is 13.1. The van der Waals surface area contributed by atoms with Crippen molar-refractivity contribution < 1.29 is 4.79 Å². The summed E-state index contributed by atoms with van der Waals surface area (Å²) in [5.74, 6) is 1.09. The van der Waals surface area contributed by atoms with E-state index >= 15 is 0 Å². The molecule has 1 aromatic carbocycles. The molecule has 92 valence electrons. The van der Waals surface area contributed by atoms with Crippen molar-refractivity contribution in [3.8, 4) is 0 Å². The van der Waals surface area contributed by atoms with Gasteiger partial charge in [-0.1, -0.05) is 31.7 Å². The summed E-state index contributed by atoms with van der Waals surface area (Å²) in [5, 5.41) is 0. The van der Waals surface area contributed by atoms with Gasteiger partial charge < -0.3 is 0 Å². The van der Waals surface area contributed by atoms with E-state index in [-0.39, 0.29) is 0 Å². The maximum Gasteiger partial charge on any atom is 0.137 e. The van der Waals surface area contributed by atoms with Crippen molar-refractivity contribution in [1.29, 1.82) is 0 Å². The molecule has 1 aliphatic rings. The molecule has 0 saturated heterocycles. The minimum atomic E-state index is 0.418. The Kier molecular flexibility index (Phi) is 4.60. The summed E-state index contributed by atoms with van der Waals surface area (Å²) in [6, 6.07) is 6.34. The van der Waals surface area contributed by atoms with Crippen LogP contribution in [0.15, 0.2) is 18.2 Å². The van der Waals surface area contributed by atoms with Gasteiger partial charge >= 0.3 is 0 Å². The number of halogens is 1. The van der Waals surface area contributed by atoms with Gasteiger partial charge in [0.1, 0.15) is 5.78 Å². The lowest BCUT2D eigenvalue weighted by Crippen LogP contribution is -2.09. The molecule has 1 saturated carbocycles. The molecule has 17 heavy (non-hydrogen) atoms. The van der Waals surface area contributed by atoms with Gasteiger partial charge in [-0.05, 0) is 58.7 Å². The van der Waals surface area contributed by atoms with Crippen LogP contribution in [-0.4, -0.2) is 5.78 Å². The summed E-state index contributed by atoms with van der Waals surface area (Å²) < 4.78 is 1.24. The first-order valence-corrected chi connectivity index (χ1v) is 7.50. The van der Waals surface area contributed by atoms with Crippen LogP contribution in [0.4, 0.5) is 0 Å². The molecule has 0 radical (unpaired) electrons. The van der Waals surface area contributed by atoms with Gasteiger partial charge in [0.05, 0.1) is 0 Å². The summed E-state index contributed by atoms with van der Waals surface area (Å²) in [4.78, 5) is 12.0. The molecule has 1 nitrogen and oxygen atoms in total. The first-order chi connectivity index (χ1) is 8.15. The van der Waals surface area contributed by atoms with E-state index in [0.717, 1.165) is 6.42 Å². The Bertz CT molecular complexity index is 405. The third-order valence-corrected chi connectivity index (χ3v) is 4.35. The van der Waals surface area contributed by atoms with E-state index in [0.29, 0.717) is 18.1 Å². The number of rotatable bonds is 4. The normalized spacial score (nSPS) is 16.4. The highest BCUT2D eigenvalue weighted by Crippen LogP contribution is 2.28. The molecule has 0 N–H and O–H groups in total. The molecule has 1 aliphatic carbocycles. The molecule has 0 aromatic heterocycles. The van der Waals surface area contributed by atoms with Crippen LogP contribution in [0.2, 0.25) is 0 Å². The van der Waals surface area contributed by atoms with Crippen LogP contribution in [0.3, 0.4) is 0 Å². The van der Waals surface area contributed by atoms with E-state index in [9.17, 15) is 4.79 Å². The largest absolute Gasteiger partial charge is 0.299 e. The summed E-state index contributed by atoms with van der Waals surface area (Å²) in [7, 11) is 0. The summed E-state index contributed by atoms with van der Waals surface area (Å²) in [6.45, 7) is 2.10. The van der Waals surface area contributed by atoms with Gasteiger partial charge in [0.25, 0.3) is 0 Å². The van der Waals surface area contributed by atoms with E-state index in [4.69, 9.17) is 0 Å². The third kappa shape index (κ3) is 3.80. The highest BCUT2D eigenvalue weighted by Gasteiger charge is 2.18. The van der Waals surface area contributed by atoms with E-state index in [2.05, 4.69) is 47.7 Å². The summed E-state index contributed by atoms with van der Waals surface area (Å²) >= 11 is 2.31. The van der Waals surface area contributed by atoms with Crippen LogP contribution >= 0.6 is 22.6 Å². The van der Waals surface area contributed by atoms with Crippen LogP contribution in [0.25, 0.3) is 0 Å². The smallest absolute Gasteiger partial charge is 0.137 e. The Morgan fingerprint density at radius 2 is 2.06 bits per heavy atom. The highest BCUT2D eigenvalue weighted by molar-refractivity contribution is 14.1. The minimum absolute atomic E-state index is 0.418. The Labute approximate surface area is 117 Å². The number of hydrogen-bond acceptors (Lipinski definition) is 1. The number of carbonyl (C=O) groups excluding carboxylic acids is 1. The van der Waals surface area contributed by atoms with Gasteiger partial charge in [-0.3, -0.25) is 4.79 Å². The van der Waals surface area contributed by atoms with E-state index in [1.54, 1.807) is 0 Å². The lowest BCUT2D eigenvalue weighted by atomic mass is 9.95. The molecule has 0 aliphatic heterocycles. The van der Waals surface area contributed by atoms with Crippen LogP contribution in [0.1, 0.15) is 43.2 Å². The fraction of sp³-hybridized carbons (Fsp3) is 0.533. The van der Waals surface area contributed by atoms with Gasteiger partial charge in [-0.25, -0.2) is 0 Å². The van der Waals surface area contributed by atoms with Gasteiger partial charge in [-0.2, -0.15) is 0 Å². The maximum absolute atomic E-state index is 12.0. The predicted molar refractivity (Wildman–Crippen MR) is 79.2 cm³/mol. The molecule has 0 bridgehead atoms. The Hall–Kier alpha value is -0.380. The van der Waals surface area contributed by atoms with Gasteiger partial charge in [-0.15, -0.1) is 0 Å². The topological polar surface area (TPSA) is 17.1 Å². The van der Waals surface area contributed by atoms with Crippen LogP contribution < -0.4 is 0 Å². The van der Waals surface area contributed by atoms with Crippen molar-refractivity contribution >= 4 is 28.4 Å². The van der Waals surface area contributed by atoms with Crippen LogP contribution in [0, 0.1) is 16.4 Å². The van der Waals surface area contributed by atoms with Crippen molar-refractivity contribution in [2.24, 2.45) is 5.92 Å². The lowest BCUT2D eigenvalue weighted by molar-refractivity contribution is -0.119. The van der Waals surface area contributed by atoms with Crippen molar-refractivity contribution in [1.82, 2.24) is 0 Å². The molecule has 0 atom stereocenters. The minimum Gasteiger partial charge on any atom is -0.299 e.